The Balaban J connectivity index is 2.01. The van der Waals surface area contributed by atoms with Gasteiger partial charge in [0.15, 0.2) is 5.78 Å². The van der Waals surface area contributed by atoms with Gasteiger partial charge in [-0.3, -0.25) is 4.79 Å². The number of carbonyl (C=O) groups excluding carboxylic acids is 2. The van der Waals surface area contributed by atoms with E-state index in [0.29, 0.717) is 16.9 Å². The zero-order chi connectivity index (χ0) is 15.2. The van der Waals surface area contributed by atoms with Gasteiger partial charge in [-0.15, -0.1) is 0 Å². The Hall–Kier alpha value is -2.75. The lowest BCUT2D eigenvalue weighted by atomic mass is 9.99. The lowest BCUT2D eigenvalue weighted by Gasteiger charge is -2.07. The first-order valence-corrected chi connectivity index (χ1v) is 6.49. The maximum absolute atomic E-state index is 11.6. The smallest absolute Gasteiger partial charge is 0.313 e. The predicted octanol–water partition coefficient (Wildman–Crippen LogP) is 3.07. The first-order chi connectivity index (χ1) is 10.1. The molecule has 0 saturated heterocycles. The van der Waals surface area contributed by atoms with E-state index in [-0.39, 0.29) is 5.78 Å². The van der Waals surface area contributed by atoms with Gasteiger partial charge in [-0.25, -0.2) is 4.79 Å². The van der Waals surface area contributed by atoms with E-state index in [1.807, 2.05) is 30.3 Å². The van der Waals surface area contributed by atoms with Crippen LogP contribution in [0.3, 0.4) is 0 Å². The molecule has 1 aliphatic carbocycles. The first kappa shape index (κ1) is 14.7. The summed E-state index contributed by atoms with van der Waals surface area (Å²) >= 11 is 0. The number of benzene rings is 1. The molecular formula is C17H15NO3. The number of rotatable bonds is 3. The van der Waals surface area contributed by atoms with Crippen LogP contribution in [0.1, 0.15) is 19.4 Å². The van der Waals surface area contributed by atoms with Gasteiger partial charge in [0.05, 0.1) is 0 Å². The number of carbonyl (C=O) groups is 2. The Labute approximate surface area is 123 Å². The second kappa shape index (κ2) is 6.61. The summed E-state index contributed by atoms with van der Waals surface area (Å²) in [5.74, 6) is -0.621. The highest BCUT2D eigenvalue weighted by Crippen LogP contribution is 2.12. The first-order valence-electron chi connectivity index (χ1n) is 6.49. The van der Waals surface area contributed by atoms with Gasteiger partial charge in [-0.2, -0.15) is 0 Å². The van der Waals surface area contributed by atoms with Crippen molar-refractivity contribution in [3.63, 3.8) is 0 Å². The zero-order valence-corrected chi connectivity index (χ0v) is 11.9. The third kappa shape index (κ3) is 4.11. The van der Waals surface area contributed by atoms with Crippen LogP contribution in [-0.2, 0) is 14.4 Å². The normalized spacial score (nSPS) is 16.9. The second-order valence-electron chi connectivity index (χ2n) is 4.65. The fourth-order valence-electron chi connectivity index (χ4n) is 1.73. The van der Waals surface area contributed by atoms with Crippen molar-refractivity contribution >= 4 is 23.5 Å². The van der Waals surface area contributed by atoms with Gasteiger partial charge in [-0.1, -0.05) is 35.5 Å². The van der Waals surface area contributed by atoms with Crippen LogP contribution in [0.25, 0.3) is 6.08 Å². The molecule has 106 valence electrons. The van der Waals surface area contributed by atoms with E-state index < -0.39 is 5.97 Å². The van der Waals surface area contributed by atoms with Crippen LogP contribution >= 0.6 is 0 Å². The van der Waals surface area contributed by atoms with Crippen LogP contribution in [0, 0.1) is 0 Å². The largest absolute Gasteiger partial charge is 0.358 e. The van der Waals surface area contributed by atoms with E-state index in [2.05, 4.69) is 5.16 Å². The SMILES string of the molecule is CC1=C/C(=N/OC(=O)/C=C/c2ccccc2)C(C)=CC1=O. The van der Waals surface area contributed by atoms with Crippen molar-refractivity contribution in [2.24, 2.45) is 5.16 Å². The molecule has 0 N–H and O–H groups in total. The van der Waals surface area contributed by atoms with Crippen molar-refractivity contribution in [3.05, 3.63) is 65.3 Å². The van der Waals surface area contributed by atoms with Gasteiger partial charge in [-0.05, 0) is 48.8 Å². The minimum absolute atomic E-state index is 0.0539. The summed E-state index contributed by atoms with van der Waals surface area (Å²) in [6, 6.07) is 9.41. The van der Waals surface area contributed by atoms with E-state index >= 15 is 0 Å². The third-order valence-electron chi connectivity index (χ3n) is 2.94. The molecular weight excluding hydrogens is 266 g/mol. The summed E-state index contributed by atoms with van der Waals surface area (Å²) < 4.78 is 0. The van der Waals surface area contributed by atoms with Crippen molar-refractivity contribution in [2.45, 2.75) is 13.8 Å². The number of hydrogen-bond donors (Lipinski definition) is 0. The molecule has 0 spiro atoms. The molecule has 21 heavy (non-hydrogen) atoms. The predicted molar refractivity (Wildman–Crippen MR) is 81.5 cm³/mol. The Bertz CT molecular complexity index is 679. The molecule has 0 fully saturated rings. The van der Waals surface area contributed by atoms with Crippen LogP contribution in [0.2, 0.25) is 0 Å². The molecule has 2 rings (SSSR count). The molecule has 0 amide bonds. The third-order valence-corrected chi connectivity index (χ3v) is 2.94. The van der Waals surface area contributed by atoms with Crippen LogP contribution in [0.4, 0.5) is 0 Å². The lowest BCUT2D eigenvalue weighted by Crippen LogP contribution is -2.11. The van der Waals surface area contributed by atoms with Gasteiger partial charge >= 0.3 is 5.97 Å². The average molecular weight is 281 g/mol. The maximum Gasteiger partial charge on any atom is 0.358 e. The molecule has 0 bridgehead atoms. The highest BCUT2D eigenvalue weighted by atomic mass is 16.7. The quantitative estimate of drug-likeness (QED) is 0.370. The van der Waals surface area contributed by atoms with Gasteiger partial charge in [0.1, 0.15) is 5.71 Å². The highest BCUT2D eigenvalue weighted by molar-refractivity contribution is 6.21. The van der Waals surface area contributed by atoms with E-state index in [1.165, 1.54) is 12.2 Å². The lowest BCUT2D eigenvalue weighted by molar-refractivity contribution is -0.137. The molecule has 0 atom stereocenters. The molecule has 4 nitrogen and oxygen atoms in total. The number of oxime groups is 1. The molecule has 1 aromatic rings. The second-order valence-corrected chi connectivity index (χ2v) is 4.65. The number of ketones is 1. The van der Waals surface area contributed by atoms with E-state index in [9.17, 15) is 9.59 Å². The van der Waals surface area contributed by atoms with Crippen molar-refractivity contribution in [1.29, 1.82) is 0 Å². The van der Waals surface area contributed by atoms with Crippen LogP contribution in [-0.4, -0.2) is 17.5 Å². The van der Waals surface area contributed by atoms with Crippen LogP contribution < -0.4 is 0 Å². The van der Waals surface area contributed by atoms with Crippen molar-refractivity contribution < 1.29 is 14.4 Å². The monoisotopic (exact) mass is 281 g/mol. The molecule has 0 heterocycles. The summed E-state index contributed by atoms with van der Waals surface area (Å²) in [5, 5.41) is 3.78. The average Bonchev–Trinajstić information content (AvgIpc) is 2.48. The number of allylic oxidation sites excluding steroid dienone is 4. The summed E-state index contributed by atoms with van der Waals surface area (Å²) in [4.78, 5) is 27.8. The molecule has 0 aromatic heterocycles. The molecule has 1 aromatic carbocycles. The Morgan fingerprint density at radius 1 is 1.10 bits per heavy atom. The van der Waals surface area contributed by atoms with Crippen molar-refractivity contribution in [3.8, 4) is 0 Å². The summed E-state index contributed by atoms with van der Waals surface area (Å²) in [6.45, 7) is 3.44. The minimum atomic E-state index is -0.567. The van der Waals surface area contributed by atoms with E-state index in [0.717, 1.165) is 5.56 Å². The summed E-state index contributed by atoms with van der Waals surface area (Å²) in [7, 11) is 0. The fourth-order valence-corrected chi connectivity index (χ4v) is 1.73. The summed E-state index contributed by atoms with van der Waals surface area (Å²) in [5.41, 5.74) is 2.62. The molecule has 0 unspecified atom stereocenters. The topological polar surface area (TPSA) is 55.7 Å². The van der Waals surface area contributed by atoms with Crippen molar-refractivity contribution in [1.82, 2.24) is 0 Å². The van der Waals surface area contributed by atoms with Gasteiger partial charge in [0, 0.05) is 6.08 Å². The molecule has 0 saturated carbocycles. The molecule has 0 aliphatic heterocycles. The molecule has 1 aliphatic rings. The Morgan fingerprint density at radius 3 is 2.52 bits per heavy atom. The van der Waals surface area contributed by atoms with Gasteiger partial charge in [0.25, 0.3) is 0 Å². The Morgan fingerprint density at radius 2 is 1.81 bits per heavy atom. The van der Waals surface area contributed by atoms with Gasteiger partial charge in [0.2, 0.25) is 0 Å². The standard InChI is InChI=1S/C17H15NO3/c1-12-11-16(19)13(2)10-15(12)18-21-17(20)9-8-14-6-4-3-5-7-14/h3-11H,1-2H3/b9-8+,18-15-. The Kier molecular flexibility index (Phi) is 4.61. The minimum Gasteiger partial charge on any atom is -0.313 e. The molecule has 0 radical (unpaired) electrons. The fraction of sp³-hybridized carbons (Fsp3) is 0.118. The van der Waals surface area contributed by atoms with Gasteiger partial charge < -0.3 is 4.84 Å². The maximum atomic E-state index is 11.6. The van der Waals surface area contributed by atoms with E-state index in [1.54, 1.807) is 26.0 Å². The number of nitrogens with zero attached hydrogens (tertiary/aromatic N) is 1. The number of hydrogen-bond acceptors (Lipinski definition) is 4. The van der Waals surface area contributed by atoms with Crippen LogP contribution in [0.5, 0.6) is 0 Å². The van der Waals surface area contributed by atoms with Crippen LogP contribution in [0.15, 0.2) is 64.9 Å². The highest BCUT2D eigenvalue weighted by Gasteiger charge is 2.13. The zero-order valence-electron chi connectivity index (χ0n) is 11.9. The van der Waals surface area contributed by atoms with Crippen molar-refractivity contribution in [2.75, 3.05) is 0 Å². The summed E-state index contributed by atoms with van der Waals surface area (Å²) in [6.07, 6.45) is 6.04. The molecule has 4 heteroatoms. The van der Waals surface area contributed by atoms with E-state index in [4.69, 9.17) is 4.84 Å².